The number of fused-ring (bicyclic) bond motifs is 1. The van der Waals surface area contributed by atoms with Crippen molar-refractivity contribution < 1.29 is 0 Å². The summed E-state index contributed by atoms with van der Waals surface area (Å²) in [5.41, 5.74) is -0.766. The van der Waals surface area contributed by atoms with Crippen molar-refractivity contribution in [1.29, 1.82) is 0 Å². The molecule has 0 saturated heterocycles. The molecule has 7 heteroatoms. The lowest BCUT2D eigenvalue weighted by molar-refractivity contribution is 1.04. The Morgan fingerprint density at radius 1 is 1.08 bits per heavy atom. The van der Waals surface area contributed by atoms with Gasteiger partial charge in [0.05, 0.1) is 0 Å². The van der Waals surface area contributed by atoms with Gasteiger partial charge in [-0.15, -0.1) is 12.4 Å². The topological polar surface area (TPSA) is 91.5 Å². The quantitative estimate of drug-likeness (QED) is 0.596. The van der Waals surface area contributed by atoms with E-state index in [1.165, 1.54) is 12.4 Å². The highest BCUT2D eigenvalue weighted by Crippen LogP contribution is 1.91. The number of nitrogens with zero attached hydrogens (tertiary/aromatic N) is 2. The first kappa shape index (κ1) is 9.40. The van der Waals surface area contributed by atoms with Crippen LogP contribution in [-0.4, -0.2) is 19.9 Å². The van der Waals surface area contributed by atoms with Crippen molar-refractivity contribution in [2.24, 2.45) is 0 Å². The van der Waals surface area contributed by atoms with Gasteiger partial charge in [-0.3, -0.25) is 14.8 Å². The summed E-state index contributed by atoms with van der Waals surface area (Å²) in [5, 5.41) is 0. The van der Waals surface area contributed by atoms with E-state index >= 15 is 0 Å². The Bertz CT molecular complexity index is 532. The molecule has 0 bridgehead atoms. The molecule has 2 aromatic rings. The van der Waals surface area contributed by atoms with Crippen LogP contribution in [0.5, 0.6) is 0 Å². The fourth-order valence-electron chi connectivity index (χ4n) is 0.897. The van der Waals surface area contributed by atoms with Gasteiger partial charge in [0.15, 0.2) is 11.2 Å². The first-order valence-electron chi connectivity index (χ1n) is 3.21. The number of halogens is 1. The Morgan fingerprint density at radius 2 is 1.77 bits per heavy atom. The number of aromatic amines is 2. The molecule has 0 fully saturated rings. The van der Waals surface area contributed by atoms with Gasteiger partial charge in [-0.2, -0.15) is 0 Å². The van der Waals surface area contributed by atoms with Crippen molar-refractivity contribution in [3.05, 3.63) is 33.2 Å². The minimum absolute atomic E-state index is 0. The van der Waals surface area contributed by atoms with E-state index in [9.17, 15) is 9.59 Å². The molecule has 2 rings (SSSR count). The van der Waals surface area contributed by atoms with Crippen LogP contribution < -0.4 is 11.2 Å². The largest absolute Gasteiger partial charge is 0.327 e. The second kappa shape index (κ2) is 3.36. The maximum atomic E-state index is 11.0. The van der Waals surface area contributed by atoms with Crippen molar-refractivity contribution in [3.63, 3.8) is 0 Å². The Balaban J connectivity index is 0.000000845. The van der Waals surface area contributed by atoms with Crippen molar-refractivity contribution in [2.45, 2.75) is 0 Å². The van der Waals surface area contributed by atoms with Crippen LogP contribution in [0.25, 0.3) is 11.2 Å². The summed E-state index contributed by atoms with van der Waals surface area (Å²) in [4.78, 5) is 33.6. The van der Waals surface area contributed by atoms with Gasteiger partial charge < -0.3 is 0 Å². The Hall–Kier alpha value is -1.69. The van der Waals surface area contributed by atoms with Gasteiger partial charge in [0.1, 0.15) is 0 Å². The third-order valence-electron chi connectivity index (χ3n) is 1.37. The lowest BCUT2D eigenvalue weighted by atomic mass is 10.5. The molecule has 2 heterocycles. The maximum Gasteiger partial charge on any atom is 0.327 e. The monoisotopic (exact) mass is 200 g/mol. The van der Waals surface area contributed by atoms with E-state index in [-0.39, 0.29) is 23.6 Å². The van der Waals surface area contributed by atoms with Crippen molar-refractivity contribution >= 4 is 23.6 Å². The molecule has 2 aromatic heterocycles. The van der Waals surface area contributed by atoms with Crippen LogP contribution in [0.4, 0.5) is 0 Å². The molecule has 0 amide bonds. The first-order valence-corrected chi connectivity index (χ1v) is 3.21. The molecule has 0 unspecified atom stereocenters. The van der Waals surface area contributed by atoms with Gasteiger partial charge in [0.25, 0.3) is 5.56 Å². The number of hydrogen-bond donors (Lipinski definition) is 2. The van der Waals surface area contributed by atoms with Crippen molar-refractivity contribution in [1.82, 2.24) is 19.9 Å². The van der Waals surface area contributed by atoms with Crippen LogP contribution in [0.1, 0.15) is 0 Å². The van der Waals surface area contributed by atoms with E-state index in [0.717, 1.165) is 0 Å². The smallest absolute Gasteiger partial charge is 0.290 e. The summed E-state index contributed by atoms with van der Waals surface area (Å²) in [6.45, 7) is 0. The third kappa shape index (κ3) is 1.57. The summed E-state index contributed by atoms with van der Waals surface area (Å²) in [5.74, 6) is 0. The predicted molar refractivity (Wildman–Crippen MR) is 48.0 cm³/mol. The van der Waals surface area contributed by atoms with Crippen LogP contribution in [-0.2, 0) is 0 Å². The lowest BCUT2D eigenvalue weighted by Crippen LogP contribution is -2.22. The Kier molecular flexibility index (Phi) is 2.43. The first-order chi connectivity index (χ1) is 5.77. The summed E-state index contributed by atoms with van der Waals surface area (Å²) in [6.07, 6.45) is 2.79. The zero-order valence-corrected chi connectivity index (χ0v) is 7.09. The predicted octanol–water partition coefficient (Wildman–Crippen LogP) is -0.572. The fourth-order valence-corrected chi connectivity index (χ4v) is 0.897. The van der Waals surface area contributed by atoms with Crippen LogP contribution in [0.3, 0.4) is 0 Å². The molecule has 2 N–H and O–H groups in total. The van der Waals surface area contributed by atoms with E-state index in [1.54, 1.807) is 0 Å². The number of hydrogen-bond acceptors (Lipinski definition) is 4. The molecular weight excluding hydrogens is 196 g/mol. The molecule has 0 aromatic carbocycles. The number of H-pyrrole nitrogens is 2. The van der Waals surface area contributed by atoms with Gasteiger partial charge in [-0.1, -0.05) is 0 Å². The van der Waals surface area contributed by atoms with Crippen LogP contribution in [0, 0.1) is 0 Å². The summed E-state index contributed by atoms with van der Waals surface area (Å²) in [6, 6.07) is 0. The second-order valence-electron chi connectivity index (χ2n) is 2.16. The summed E-state index contributed by atoms with van der Waals surface area (Å²) in [7, 11) is 0. The Morgan fingerprint density at radius 3 is 2.54 bits per heavy atom. The highest BCUT2D eigenvalue weighted by atomic mass is 35.5. The molecule has 0 aliphatic carbocycles. The average Bonchev–Trinajstić information content (AvgIpc) is 2.04. The molecule has 0 aliphatic heterocycles. The molecular formula is C6H5ClN4O2. The maximum absolute atomic E-state index is 11.0. The van der Waals surface area contributed by atoms with Gasteiger partial charge in [0, 0.05) is 12.4 Å². The number of aromatic nitrogens is 4. The van der Waals surface area contributed by atoms with E-state index in [0.29, 0.717) is 0 Å². The number of rotatable bonds is 0. The van der Waals surface area contributed by atoms with E-state index in [1.807, 2.05) is 4.98 Å². The molecule has 6 nitrogen and oxygen atoms in total. The highest BCUT2D eigenvalue weighted by Gasteiger charge is 1.99. The van der Waals surface area contributed by atoms with E-state index in [4.69, 9.17) is 0 Å². The van der Waals surface area contributed by atoms with Crippen molar-refractivity contribution in [3.8, 4) is 0 Å². The zero-order valence-electron chi connectivity index (χ0n) is 6.27. The van der Waals surface area contributed by atoms with Crippen LogP contribution in [0.15, 0.2) is 22.0 Å². The SMILES string of the molecule is Cl.O=c1[nH]c(=O)c2nccnc2[nH]1. The minimum atomic E-state index is -0.576. The zero-order chi connectivity index (χ0) is 8.55. The number of nitrogens with one attached hydrogen (secondary N) is 2. The molecule has 0 radical (unpaired) electrons. The molecule has 68 valence electrons. The Labute approximate surface area is 77.5 Å². The minimum Gasteiger partial charge on any atom is -0.290 e. The van der Waals surface area contributed by atoms with Crippen LogP contribution in [0.2, 0.25) is 0 Å². The van der Waals surface area contributed by atoms with E-state index < -0.39 is 11.2 Å². The third-order valence-corrected chi connectivity index (χ3v) is 1.37. The second-order valence-corrected chi connectivity index (χ2v) is 2.16. The van der Waals surface area contributed by atoms with Gasteiger partial charge >= 0.3 is 5.69 Å². The molecule has 0 atom stereocenters. The molecule has 0 spiro atoms. The summed E-state index contributed by atoms with van der Waals surface area (Å²) < 4.78 is 0. The standard InChI is InChI=1S/C6H4N4O2.ClH/c11-5-3-4(8-2-1-7-3)9-6(12)10-5;/h1-2H,(H2,8,9,10,11,12);1H. The highest BCUT2D eigenvalue weighted by molar-refractivity contribution is 5.85. The molecule has 13 heavy (non-hydrogen) atoms. The van der Waals surface area contributed by atoms with Gasteiger partial charge in [-0.05, 0) is 0 Å². The molecule has 0 aliphatic rings. The average molecular weight is 201 g/mol. The normalized spacial score (nSPS) is 9.54. The van der Waals surface area contributed by atoms with Gasteiger partial charge in [-0.25, -0.2) is 14.8 Å². The van der Waals surface area contributed by atoms with Crippen molar-refractivity contribution in [2.75, 3.05) is 0 Å². The van der Waals surface area contributed by atoms with Gasteiger partial charge in [0.2, 0.25) is 0 Å². The van der Waals surface area contributed by atoms with E-state index in [2.05, 4.69) is 15.0 Å². The lowest BCUT2D eigenvalue weighted by Gasteiger charge is -1.90. The summed E-state index contributed by atoms with van der Waals surface area (Å²) >= 11 is 0. The fraction of sp³-hybridized carbons (Fsp3) is 0. The van der Waals surface area contributed by atoms with Crippen LogP contribution >= 0.6 is 12.4 Å². The molecule has 0 saturated carbocycles.